The fourth-order valence-corrected chi connectivity index (χ4v) is 3.69. The number of fused-ring (bicyclic) bond motifs is 1. The third kappa shape index (κ3) is 2.29. The summed E-state index contributed by atoms with van der Waals surface area (Å²) in [5.74, 6) is 1.08. The van der Waals surface area contributed by atoms with E-state index < -0.39 is 0 Å². The predicted octanol–water partition coefficient (Wildman–Crippen LogP) is 2.65. The van der Waals surface area contributed by atoms with Crippen molar-refractivity contribution < 1.29 is 4.79 Å². The standard InChI is InChI=1S/C18H21N5O/c1-3-22-17(8-10-19-22)18(24)21-11-9-14(12-21)23-13(2)20-15-6-4-5-7-16(15)23/h4-8,10,14H,3,9,11-12H2,1-2H3/t14-/m0/s1. The molecule has 3 aromatic rings. The molecule has 124 valence electrons. The van der Waals surface area contributed by atoms with Crippen molar-refractivity contribution in [1.29, 1.82) is 0 Å². The maximum Gasteiger partial charge on any atom is 0.272 e. The van der Waals surface area contributed by atoms with Crippen LogP contribution in [0.1, 0.15) is 35.7 Å². The van der Waals surface area contributed by atoms with Crippen molar-refractivity contribution in [3.63, 3.8) is 0 Å². The molecule has 24 heavy (non-hydrogen) atoms. The highest BCUT2D eigenvalue weighted by atomic mass is 16.2. The Balaban J connectivity index is 1.60. The molecular formula is C18H21N5O. The van der Waals surface area contributed by atoms with Crippen LogP contribution in [0.4, 0.5) is 0 Å². The summed E-state index contributed by atoms with van der Waals surface area (Å²) in [6.07, 6.45) is 2.64. The minimum Gasteiger partial charge on any atom is -0.335 e. The second-order valence-corrected chi connectivity index (χ2v) is 6.24. The second-order valence-electron chi connectivity index (χ2n) is 6.24. The number of aromatic nitrogens is 4. The van der Waals surface area contributed by atoms with E-state index in [9.17, 15) is 4.79 Å². The molecule has 0 radical (unpaired) electrons. The Morgan fingerprint density at radius 2 is 2.12 bits per heavy atom. The number of para-hydroxylation sites is 2. The van der Waals surface area contributed by atoms with Gasteiger partial charge < -0.3 is 9.47 Å². The van der Waals surface area contributed by atoms with Gasteiger partial charge in [-0.1, -0.05) is 12.1 Å². The van der Waals surface area contributed by atoms with Gasteiger partial charge in [-0.2, -0.15) is 5.10 Å². The highest BCUT2D eigenvalue weighted by Gasteiger charge is 2.30. The first-order chi connectivity index (χ1) is 11.7. The molecule has 0 N–H and O–H groups in total. The van der Waals surface area contributed by atoms with E-state index in [0.29, 0.717) is 12.2 Å². The van der Waals surface area contributed by atoms with Gasteiger partial charge >= 0.3 is 0 Å². The summed E-state index contributed by atoms with van der Waals surface area (Å²) in [6.45, 7) is 6.23. The van der Waals surface area contributed by atoms with Gasteiger partial charge in [0.2, 0.25) is 0 Å². The molecule has 0 saturated carbocycles. The summed E-state index contributed by atoms with van der Waals surface area (Å²) >= 11 is 0. The lowest BCUT2D eigenvalue weighted by molar-refractivity contribution is 0.0775. The lowest BCUT2D eigenvalue weighted by atomic mass is 10.2. The number of imidazole rings is 1. The van der Waals surface area contributed by atoms with Crippen LogP contribution in [0, 0.1) is 6.92 Å². The van der Waals surface area contributed by atoms with Crippen LogP contribution < -0.4 is 0 Å². The zero-order valence-electron chi connectivity index (χ0n) is 14.0. The average Bonchev–Trinajstić information content (AvgIpc) is 3.30. The second kappa shape index (κ2) is 5.78. The van der Waals surface area contributed by atoms with Crippen molar-refractivity contribution in [1.82, 2.24) is 24.2 Å². The van der Waals surface area contributed by atoms with E-state index in [0.717, 1.165) is 36.4 Å². The fraction of sp³-hybridized carbons (Fsp3) is 0.389. The van der Waals surface area contributed by atoms with E-state index in [4.69, 9.17) is 0 Å². The third-order valence-corrected chi connectivity index (χ3v) is 4.82. The number of amides is 1. The molecule has 0 aliphatic carbocycles. The van der Waals surface area contributed by atoms with Crippen LogP contribution in [-0.4, -0.2) is 43.2 Å². The van der Waals surface area contributed by atoms with Gasteiger partial charge in [0, 0.05) is 25.8 Å². The Bertz CT molecular complexity index is 894. The summed E-state index contributed by atoms with van der Waals surface area (Å²) in [5, 5.41) is 4.21. The van der Waals surface area contributed by atoms with Crippen LogP contribution in [-0.2, 0) is 6.54 Å². The summed E-state index contributed by atoms with van der Waals surface area (Å²) in [7, 11) is 0. The molecule has 0 unspecified atom stereocenters. The molecule has 1 aliphatic rings. The van der Waals surface area contributed by atoms with Gasteiger partial charge in [-0.15, -0.1) is 0 Å². The molecule has 1 aliphatic heterocycles. The van der Waals surface area contributed by atoms with Crippen molar-refractivity contribution in [2.24, 2.45) is 0 Å². The summed E-state index contributed by atoms with van der Waals surface area (Å²) in [6, 6.07) is 10.3. The average molecular weight is 323 g/mol. The normalized spacial score (nSPS) is 17.8. The van der Waals surface area contributed by atoms with Crippen LogP contribution in [0.3, 0.4) is 0 Å². The highest BCUT2D eigenvalue weighted by Crippen LogP contribution is 2.28. The number of aryl methyl sites for hydroxylation is 2. The molecule has 1 fully saturated rings. The molecule has 1 aromatic carbocycles. The van der Waals surface area contributed by atoms with Crippen molar-refractivity contribution in [2.45, 2.75) is 32.9 Å². The van der Waals surface area contributed by atoms with Gasteiger partial charge in [0.1, 0.15) is 11.5 Å². The van der Waals surface area contributed by atoms with Gasteiger partial charge in [-0.25, -0.2) is 4.98 Å². The van der Waals surface area contributed by atoms with E-state index in [1.165, 1.54) is 0 Å². The Morgan fingerprint density at radius 1 is 1.29 bits per heavy atom. The first-order valence-corrected chi connectivity index (χ1v) is 8.43. The number of hydrogen-bond acceptors (Lipinski definition) is 3. The zero-order valence-corrected chi connectivity index (χ0v) is 14.0. The number of carbonyl (C=O) groups excluding carboxylic acids is 1. The molecule has 4 rings (SSSR count). The van der Waals surface area contributed by atoms with Gasteiger partial charge in [0.25, 0.3) is 5.91 Å². The van der Waals surface area contributed by atoms with E-state index >= 15 is 0 Å². The first kappa shape index (κ1) is 14.9. The van der Waals surface area contributed by atoms with Gasteiger partial charge in [0.15, 0.2) is 0 Å². The molecule has 0 spiro atoms. The van der Waals surface area contributed by atoms with Crippen LogP contribution in [0.25, 0.3) is 11.0 Å². The fourth-order valence-electron chi connectivity index (χ4n) is 3.69. The minimum atomic E-state index is 0.0684. The summed E-state index contributed by atoms with van der Waals surface area (Å²) in [4.78, 5) is 19.4. The summed E-state index contributed by atoms with van der Waals surface area (Å²) in [5.41, 5.74) is 2.84. The minimum absolute atomic E-state index is 0.0684. The van der Waals surface area contributed by atoms with Crippen molar-refractivity contribution in [3.05, 3.63) is 48.0 Å². The van der Waals surface area contributed by atoms with Crippen LogP contribution in [0.15, 0.2) is 36.5 Å². The Hall–Kier alpha value is -2.63. The SMILES string of the molecule is CCn1nccc1C(=O)N1CC[C@H](n2c(C)nc3ccccc32)C1. The zero-order chi connectivity index (χ0) is 16.7. The molecule has 1 saturated heterocycles. The number of benzene rings is 1. The number of rotatable bonds is 3. The maximum atomic E-state index is 12.8. The number of nitrogens with zero attached hydrogens (tertiary/aromatic N) is 5. The Morgan fingerprint density at radius 3 is 2.96 bits per heavy atom. The van der Waals surface area contributed by atoms with E-state index in [2.05, 4.69) is 20.7 Å². The van der Waals surface area contributed by atoms with E-state index in [-0.39, 0.29) is 11.9 Å². The molecule has 3 heterocycles. The lowest BCUT2D eigenvalue weighted by Crippen LogP contribution is -2.31. The summed E-state index contributed by atoms with van der Waals surface area (Å²) < 4.78 is 4.03. The van der Waals surface area contributed by atoms with Crippen LogP contribution >= 0.6 is 0 Å². The Labute approximate surface area is 140 Å². The maximum absolute atomic E-state index is 12.8. The lowest BCUT2D eigenvalue weighted by Gasteiger charge is -2.18. The molecule has 6 nitrogen and oxygen atoms in total. The topological polar surface area (TPSA) is 56.0 Å². The molecule has 0 bridgehead atoms. The third-order valence-electron chi connectivity index (χ3n) is 4.82. The smallest absolute Gasteiger partial charge is 0.272 e. The molecule has 2 aromatic heterocycles. The predicted molar refractivity (Wildman–Crippen MR) is 91.9 cm³/mol. The highest BCUT2D eigenvalue weighted by molar-refractivity contribution is 5.92. The van der Waals surface area contributed by atoms with E-state index in [1.807, 2.05) is 36.9 Å². The Kier molecular flexibility index (Phi) is 3.59. The quantitative estimate of drug-likeness (QED) is 0.744. The molecule has 6 heteroatoms. The van der Waals surface area contributed by atoms with E-state index in [1.54, 1.807) is 16.9 Å². The van der Waals surface area contributed by atoms with Gasteiger partial charge in [-0.05, 0) is 38.5 Å². The number of likely N-dealkylation sites (tertiary alicyclic amines) is 1. The molecular weight excluding hydrogens is 302 g/mol. The van der Waals surface area contributed by atoms with Crippen molar-refractivity contribution in [2.75, 3.05) is 13.1 Å². The number of hydrogen-bond donors (Lipinski definition) is 0. The van der Waals surface area contributed by atoms with Crippen LogP contribution in [0.2, 0.25) is 0 Å². The number of carbonyl (C=O) groups is 1. The van der Waals surface area contributed by atoms with Gasteiger partial charge in [0.05, 0.1) is 17.1 Å². The first-order valence-electron chi connectivity index (χ1n) is 8.43. The van der Waals surface area contributed by atoms with Crippen LogP contribution in [0.5, 0.6) is 0 Å². The largest absolute Gasteiger partial charge is 0.335 e. The van der Waals surface area contributed by atoms with Gasteiger partial charge in [-0.3, -0.25) is 9.48 Å². The monoisotopic (exact) mass is 323 g/mol. The molecule has 1 amide bonds. The van der Waals surface area contributed by atoms with Crippen molar-refractivity contribution >= 4 is 16.9 Å². The molecule has 1 atom stereocenters. The van der Waals surface area contributed by atoms with Crippen molar-refractivity contribution in [3.8, 4) is 0 Å².